The molecule has 0 spiro atoms. The molecule has 1 heterocycles. The molecule has 0 aliphatic heterocycles. The number of halogens is 1. The fourth-order valence-electron chi connectivity index (χ4n) is 1.68. The number of allylic oxidation sites excluding steroid dienone is 2. The molecule has 5 heteroatoms. The Bertz CT molecular complexity index is 665. The van der Waals surface area contributed by atoms with E-state index in [2.05, 4.69) is 5.10 Å². The van der Waals surface area contributed by atoms with E-state index in [1.54, 1.807) is 6.07 Å². The van der Waals surface area contributed by atoms with Crippen LogP contribution in [0, 0.1) is 5.21 Å². The number of hydrogen-bond acceptors (Lipinski definition) is 3. The summed E-state index contributed by atoms with van der Waals surface area (Å²) >= 11 is 5.63. The average molecular weight is 291 g/mol. The molecule has 20 heavy (non-hydrogen) atoms. The first-order valence-electron chi connectivity index (χ1n) is 6.17. The number of rotatable bonds is 3. The Balaban J connectivity index is 2.39. The molecule has 1 aromatic heterocycles. The van der Waals surface area contributed by atoms with E-state index in [9.17, 15) is 5.21 Å². The third-order valence-electron chi connectivity index (χ3n) is 2.99. The molecule has 0 atom stereocenters. The highest BCUT2D eigenvalue weighted by molar-refractivity contribution is 6.28. The zero-order chi connectivity index (χ0) is 14.7. The monoisotopic (exact) mass is 290 g/mol. The lowest BCUT2D eigenvalue weighted by molar-refractivity contribution is -0.667. The van der Waals surface area contributed by atoms with Crippen LogP contribution in [0.3, 0.4) is 0 Å². The van der Waals surface area contributed by atoms with Gasteiger partial charge < -0.3 is 9.94 Å². The van der Waals surface area contributed by atoms with Crippen LogP contribution in [-0.4, -0.2) is 5.10 Å². The van der Waals surface area contributed by atoms with Gasteiger partial charge in [0.2, 0.25) is 0 Å². The molecule has 0 aliphatic carbocycles. The lowest BCUT2D eigenvalue weighted by Crippen LogP contribution is -2.32. The second-order valence-electron chi connectivity index (χ2n) is 4.59. The number of para-hydroxylation sites is 1. The average Bonchev–Trinajstić information content (AvgIpc) is 2.42. The predicted molar refractivity (Wildman–Crippen MR) is 78.7 cm³/mol. The Morgan fingerprint density at radius 1 is 1.15 bits per heavy atom. The summed E-state index contributed by atoms with van der Waals surface area (Å²) < 4.78 is 5.69. The fraction of sp³-hybridized carbons (Fsp3) is 0.200. The van der Waals surface area contributed by atoms with Gasteiger partial charge in [0.15, 0.2) is 0 Å². The molecular formula is C15H15ClN2O2. The minimum atomic E-state index is 0.00566. The Morgan fingerprint density at radius 2 is 1.85 bits per heavy atom. The van der Waals surface area contributed by atoms with Crippen molar-refractivity contribution in [2.24, 2.45) is 0 Å². The van der Waals surface area contributed by atoms with Gasteiger partial charge in [-0.2, -0.15) is 0 Å². The smallest absolute Gasteiger partial charge is 0.313 e. The van der Waals surface area contributed by atoms with Crippen LogP contribution in [0.1, 0.15) is 26.3 Å². The number of hydrogen-bond donors (Lipinski definition) is 0. The molecule has 104 valence electrons. The summed E-state index contributed by atoms with van der Waals surface area (Å²) in [7, 11) is 0. The number of aromatic nitrogens is 2. The van der Waals surface area contributed by atoms with Crippen molar-refractivity contribution < 1.29 is 9.58 Å². The molecule has 0 amide bonds. The largest absolute Gasteiger partial charge is 0.593 e. The molecule has 2 rings (SSSR count). The Hall–Kier alpha value is -2.07. The second kappa shape index (κ2) is 5.92. The van der Waals surface area contributed by atoms with E-state index >= 15 is 0 Å². The molecule has 4 nitrogen and oxygen atoms in total. The second-order valence-corrected chi connectivity index (χ2v) is 4.98. The van der Waals surface area contributed by atoms with Crippen LogP contribution in [0.5, 0.6) is 11.6 Å². The van der Waals surface area contributed by atoms with Crippen LogP contribution in [0.25, 0.3) is 5.57 Å². The summed E-state index contributed by atoms with van der Waals surface area (Å²) in [5.74, 6) is 0.861. The SMILES string of the molecule is CC(C)=C(C)c1ccccc1Oc1ccc(Cl)[n+]([O-])n1. The van der Waals surface area contributed by atoms with Crippen molar-refractivity contribution in [3.8, 4) is 11.6 Å². The van der Waals surface area contributed by atoms with E-state index in [0.717, 1.165) is 11.1 Å². The summed E-state index contributed by atoms with van der Waals surface area (Å²) in [5.41, 5.74) is 3.30. The highest BCUT2D eigenvalue weighted by atomic mass is 35.5. The highest BCUT2D eigenvalue weighted by Gasteiger charge is 2.11. The van der Waals surface area contributed by atoms with Crippen LogP contribution in [-0.2, 0) is 0 Å². The Labute approximate surface area is 122 Å². The van der Waals surface area contributed by atoms with Gasteiger partial charge in [-0.3, -0.25) is 0 Å². The molecule has 0 N–H and O–H groups in total. The number of nitrogens with zero attached hydrogens (tertiary/aromatic N) is 2. The highest BCUT2D eigenvalue weighted by Crippen LogP contribution is 2.30. The first-order valence-corrected chi connectivity index (χ1v) is 6.54. The van der Waals surface area contributed by atoms with E-state index in [4.69, 9.17) is 16.3 Å². The van der Waals surface area contributed by atoms with Gasteiger partial charge in [0, 0.05) is 17.7 Å². The molecule has 0 bridgehead atoms. The molecule has 1 aromatic carbocycles. The van der Waals surface area contributed by atoms with Crippen molar-refractivity contribution in [3.63, 3.8) is 0 Å². The lowest BCUT2D eigenvalue weighted by Gasteiger charge is -2.11. The van der Waals surface area contributed by atoms with Crippen LogP contribution < -0.4 is 9.58 Å². The van der Waals surface area contributed by atoms with Gasteiger partial charge in [-0.25, -0.2) is 0 Å². The summed E-state index contributed by atoms with van der Waals surface area (Å²) in [6.07, 6.45) is 0. The summed E-state index contributed by atoms with van der Waals surface area (Å²) in [5, 5.41) is 15.1. The van der Waals surface area contributed by atoms with Gasteiger partial charge in [-0.05, 0) is 48.9 Å². The fourth-order valence-corrected chi connectivity index (χ4v) is 1.78. The van der Waals surface area contributed by atoms with E-state index in [-0.39, 0.29) is 11.0 Å². The van der Waals surface area contributed by atoms with Crippen LogP contribution >= 0.6 is 11.6 Å². The van der Waals surface area contributed by atoms with Gasteiger partial charge in [-0.1, -0.05) is 23.8 Å². The van der Waals surface area contributed by atoms with Crippen molar-refractivity contribution in [2.75, 3.05) is 0 Å². The Kier molecular flexibility index (Phi) is 4.25. The van der Waals surface area contributed by atoms with Crippen LogP contribution in [0.2, 0.25) is 5.15 Å². The molecule has 0 fully saturated rings. The molecule has 0 saturated heterocycles. The van der Waals surface area contributed by atoms with Crippen LogP contribution in [0.4, 0.5) is 0 Å². The standard InChI is InChI=1S/C15H15ClN2O2/c1-10(2)11(3)12-6-4-5-7-13(12)20-15-9-8-14(16)18(19)17-15/h4-9H,1-3H3. The molecule has 0 aliphatic rings. The summed E-state index contributed by atoms with van der Waals surface area (Å²) in [4.78, 5) is 0.327. The molecule has 0 unspecified atom stereocenters. The van der Waals surface area contributed by atoms with Crippen molar-refractivity contribution in [3.05, 3.63) is 57.9 Å². The lowest BCUT2D eigenvalue weighted by atomic mass is 10.0. The first-order chi connectivity index (χ1) is 9.49. The predicted octanol–water partition coefficient (Wildman–Crippen LogP) is 3.97. The van der Waals surface area contributed by atoms with Crippen molar-refractivity contribution in [1.29, 1.82) is 0 Å². The van der Waals surface area contributed by atoms with Gasteiger partial charge in [0.05, 0.1) is 5.10 Å². The summed E-state index contributed by atoms with van der Waals surface area (Å²) in [6, 6.07) is 10.6. The zero-order valence-corrected chi connectivity index (χ0v) is 12.3. The minimum Gasteiger partial charge on any atom is -0.593 e. The maximum atomic E-state index is 11.3. The normalized spacial score (nSPS) is 10.2. The third-order valence-corrected chi connectivity index (χ3v) is 3.26. The molecule has 2 aromatic rings. The van der Waals surface area contributed by atoms with Crippen molar-refractivity contribution >= 4 is 17.2 Å². The maximum absolute atomic E-state index is 11.3. The van der Waals surface area contributed by atoms with E-state index < -0.39 is 0 Å². The van der Waals surface area contributed by atoms with Crippen molar-refractivity contribution in [1.82, 2.24) is 5.10 Å². The topological polar surface area (TPSA) is 49.1 Å². The maximum Gasteiger partial charge on any atom is 0.313 e. The number of benzene rings is 1. The van der Waals surface area contributed by atoms with Gasteiger partial charge in [0.1, 0.15) is 5.75 Å². The Morgan fingerprint density at radius 3 is 2.50 bits per heavy atom. The molecule has 0 saturated carbocycles. The molecule has 0 radical (unpaired) electrons. The van der Waals surface area contributed by atoms with Crippen LogP contribution in [0.15, 0.2) is 42.0 Å². The van der Waals surface area contributed by atoms with Gasteiger partial charge in [0.25, 0.3) is 5.88 Å². The quantitative estimate of drug-likeness (QED) is 0.635. The van der Waals surface area contributed by atoms with Crippen molar-refractivity contribution in [2.45, 2.75) is 20.8 Å². The van der Waals surface area contributed by atoms with E-state index in [1.165, 1.54) is 11.6 Å². The minimum absolute atomic E-state index is 0.00566. The summed E-state index contributed by atoms with van der Waals surface area (Å²) in [6.45, 7) is 6.11. The van der Waals surface area contributed by atoms with E-state index in [0.29, 0.717) is 10.6 Å². The van der Waals surface area contributed by atoms with Gasteiger partial charge >= 0.3 is 5.15 Å². The van der Waals surface area contributed by atoms with E-state index in [1.807, 2.05) is 45.0 Å². The first kappa shape index (κ1) is 14.3. The number of ether oxygens (including phenoxy) is 1. The molecular weight excluding hydrogens is 276 g/mol. The van der Waals surface area contributed by atoms with Gasteiger partial charge in [-0.15, -0.1) is 0 Å². The zero-order valence-electron chi connectivity index (χ0n) is 11.6. The third kappa shape index (κ3) is 3.08.